The van der Waals surface area contributed by atoms with Crippen LogP contribution in [0.25, 0.3) is 0 Å². The van der Waals surface area contributed by atoms with Crippen molar-refractivity contribution in [2.75, 3.05) is 24.5 Å². The fourth-order valence-electron chi connectivity index (χ4n) is 8.63. The highest BCUT2D eigenvalue weighted by Crippen LogP contribution is 2.35. The van der Waals surface area contributed by atoms with Crippen molar-refractivity contribution in [2.45, 2.75) is 82.6 Å². The molecular formula is C41H41ClN6O6. The summed E-state index contributed by atoms with van der Waals surface area (Å²) in [6.07, 6.45) is 5.68. The summed E-state index contributed by atoms with van der Waals surface area (Å²) in [5.74, 6) is -0.887. The van der Waals surface area contributed by atoms with Crippen molar-refractivity contribution in [1.29, 1.82) is 5.26 Å². The van der Waals surface area contributed by atoms with Gasteiger partial charge in [-0.25, -0.2) is 0 Å². The molecule has 12 nitrogen and oxygen atoms in total. The monoisotopic (exact) mass is 748 g/mol. The molecule has 4 aliphatic heterocycles. The molecule has 2 N–H and O–H groups in total. The number of ether oxygens (including phenoxy) is 1. The van der Waals surface area contributed by atoms with Gasteiger partial charge in [-0.3, -0.25) is 39.1 Å². The first-order chi connectivity index (χ1) is 26.1. The summed E-state index contributed by atoms with van der Waals surface area (Å²) in [5, 5.41) is 14.9. The number of piperidine rings is 2. The topological polar surface area (TPSA) is 152 Å². The van der Waals surface area contributed by atoms with Crippen molar-refractivity contribution in [3.63, 3.8) is 0 Å². The maximum absolute atomic E-state index is 13.3. The van der Waals surface area contributed by atoms with E-state index in [1.165, 1.54) is 0 Å². The number of carbonyl (C=O) groups excluding carboxylic acids is 5. The standard InChI is InChI=1S/C41H41ClN6O6/c42-35-19-32(9-6-26(35)20-43)54-31-3-1-2-29(18-31)44-38(50)25-4-7-30(8-5-25)47-14-12-24(13-15-47)21-46-22-27-16-33-34(17-28(27)23-46)41(53)48(40(33)52)36-10-11-37(49)45-39(36)51/h4-9,16-17,19,24,29,31,36H,1-3,10-15,18,21-23H2,(H,44,50)(H,45,49,51)/t29-,31-,36?/m0/s1. The Hall–Kier alpha value is -5.25. The number of fused-ring (bicyclic) bond motifs is 2. The van der Waals surface area contributed by atoms with Crippen LogP contribution in [0.2, 0.25) is 5.02 Å². The van der Waals surface area contributed by atoms with Gasteiger partial charge >= 0.3 is 0 Å². The van der Waals surface area contributed by atoms with Crippen molar-refractivity contribution in [2.24, 2.45) is 5.92 Å². The second-order valence-corrected chi connectivity index (χ2v) is 15.5. The molecule has 3 fully saturated rings. The summed E-state index contributed by atoms with van der Waals surface area (Å²) in [6, 6.07) is 17.7. The van der Waals surface area contributed by atoms with Gasteiger partial charge in [0.1, 0.15) is 24.0 Å². The van der Waals surface area contributed by atoms with Gasteiger partial charge < -0.3 is 15.0 Å². The number of amides is 5. The van der Waals surface area contributed by atoms with Crippen molar-refractivity contribution in [3.8, 4) is 11.8 Å². The lowest BCUT2D eigenvalue weighted by atomic mass is 9.92. The third-order valence-electron chi connectivity index (χ3n) is 11.5. The summed E-state index contributed by atoms with van der Waals surface area (Å²) in [4.78, 5) is 69.5. The minimum atomic E-state index is -0.963. The third kappa shape index (κ3) is 7.18. The van der Waals surface area contributed by atoms with Gasteiger partial charge in [0.15, 0.2) is 0 Å². The summed E-state index contributed by atoms with van der Waals surface area (Å²) in [5.41, 5.74) is 4.87. The fourth-order valence-corrected chi connectivity index (χ4v) is 8.85. The lowest BCUT2D eigenvalue weighted by molar-refractivity contribution is -0.136. The van der Waals surface area contributed by atoms with Crippen LogP contribution in [0.3, 0.4) is 0 Å². The maximum Gasteiger partial charge on any atom is 0.262 e. The number of hydrogen-bond donors (Lipinski definition) is 2. The molecule has 0 bridgehead atoms. The molecule has 0 radical (unpaired) electrons. The van der Waals surface area contributed by atoms with Gasteiger partial charge in [0, 0.05) is 68.9 Å². The summed E-state index contributed by atoms with van der Waals surface area (Å²) >= 11 is 6.18. The maximum atomic E-state index is 13.3. The summed E-state index contributed by atoms with van der Waals surface area (Å²) < 4.78 is 6.15. The minimum absolute atomic E-state index is 0.00780. The average molecular weight is 749 g/mol. The van der Waals surface area contributed by atoms with Crippen LogP contribution in [0.1, 0.15) is 99.1 Å². The molecule has 2 saturated heterocycles. The van der Waals surface area contributed by atoms with Crippen molar-refractivity contribution >= 4 is 46.8 Å². The van der Waals surface area contributed by atoms with Crippen molar-refractivity contribution in [1.82, 2.24) is 20.4 Å². The van der Waals surface area contributed by atoms with E-state index < -0.39 is 23.8 Å². The third-order valence-corrected chi connectivity index (χ3v) is 11.8. The van der Waals surface area contributed by atoms with Crippen molar-refractivity contribution in [3.05, 3.63) is 93.0 Å². The van der Waals surface area contributed by atoms with Gasteiger partial charge in [0.25, 0.3) is 17.7 Å². The second kappa shape index (κ2) is 14.9. The molecule has 13 heteroatoms. The Bertz CT molecular complexity index is 2030. The summed E-state index contributed by atoms with van der Waals surface area (Å²) in [6.45, 7) is 4.15. The average Bonchev–Trinajstić information content (AvgIpc) is 3.67. The van der Waals surface area contributed by atoms with E-state index in [-0.39, 0.29) is 36.8 Å². The van der Waals surface area contributed by atoms with Crippen LogP contribution in [-0.4, -0.2) is 77.2 Å². The van der Waals surface area contributed by atoms with Crippen LogP contribution in [0.4, 0.5) is 5.69 Å². The molecule has 3 aromatic carbocycles. The van der Waals surface area contributed by atoms with E-state index in [2.05, 4.69) is 26.5 Å². The van der Waals surface area contributed by atoms with E-state index >= 15 is 0 Å². The molecule has 8 rings (SSSR count). The highest BCUT2D eigenvalue weighted by Gasteiger charge is 2.45. The van der Waals surface area contributed by atoms with Gasteiger partial charge in [-0.05, 0) is 104 Å². The number of benzene rings is 3. The van der Waals surface area contributed by atoms with E-state index in [0.717, 1.165) is 73.5 Å². The molecule has 278 valence electrons. The molecule has 0 aromatic heterocycles. The van der Waals surface area contributed by atoms with E-state index in [0.29, 0.717) is 58.5 Å². The first-order valence-electron chi connectivity index (χ1n) is 18.8. The lowest BCUT2D eigenvalue weighted by Gasteiger charge is -2.35. The van der Waals surface area contributed by atoms with Crippen LogP contribution in [-0.2, 0) is 22.7 Å². The van der Waals surface area contributed by atoms with Crippen LogP contribution in [0.15, 0.2) is 54.6 Å². The van der Waals surface area contributed by atoms with Gasteiger partial charge in [-0.15, -0.1) is 0 Å². The van der Waals surface area contributed by atoms with E-state index in [9.17, 15) is 24.0 Å². The number of halogens is 1. The first kappa shape index (κ1) is 35.8. The molecule has 0 spiro atoms. The molecule has 5 aliphatic rings. The van der Waals surface area contributed by atoms with Crippen molar-refractivity contribution < 1.29 is 28.7 Å². The molecular weight excluding hydrogens is 708 g/mol. The zero-order valence-corrected chi connectivity index (χ0v) is 30.6. The molecule has 1 saturated carbocycles. The Morgan fingerprint density at radius 3 is 2.26 bits per heavy atom. The molecule has 1 aliphatic carbocycles. The van der Waals surface area contributed by atoms with Crippen LogP contribution < -0.4 is 20.3 Å². The highest BCUT2D eigenvalue weighted by atomic mass is 35.5. The number of carbonyl (C=O) groups is 5. The van der Waals surface area contributed by atoms with E-state index in [4.69, 9.17) is 21.6 Å². The number of nitrogens with one attached hydrogen (secondary N) is 2. The number of nitrogens with zero attached hydrogens (tertiary/aromatic N) is 4. The summed E-state index contributed by atoms with van der Waals surface area (Å²) in [7, 11) is 0. The van der Waals surface area contributed by atoms with Crippen LogP contribution in [0, 0.1) is 17.2 Å². The Morgan fingerprint density at radius 1 is 0.907 bits per heavy atom. The predicted octanol–water partition coefficient (Wildman–Crippen LogP) is 4.97. The SMILES string of the molecule is N#Cc1ccc(O[C@H]2CCC[C@H](NC(=O)c3ccc(N4CCC(CN5Cc6cc7c(cc6C5)C(=O)N(C5CCC(=O)NC5=O)C7=O)CC4)cc3)C2)cc1Cl. The fraction of sp³-hybridized carbons (Fsp3) is 0.415. The van der Waals surface area contributed by atoms with Crippen LogP contribution >= 0.6 is 11.6 Å². The minimum Gasteiger partial charge on any atom is -0.490 e. The van der Waals surface area contributed by atoms with Crippen LogP contribution in [0.5, 0.6) is 5.75 Å². The largest absolute Gasteiger partial charge is 0.490 e. The quantitative estimate of drug-likeness (QED) is 0.305. The normalized spacial score (nSPS) is 23.1. The lowest BCUT2D eigenvalue weighted by Crippen LogP contribution is -2.54. The molecule has 3 aromatic rings. The predicted molar refractivity (Wildman–Crippen MR) is 199 cm³/mol. The number of hydrogen-bond acceptors (Lipinski definition) is 9. The van der Waals surface area contributed by atoms with Gasteiger partial charge in [-0.1, -0.05) is 11.6 Å². The molecule has 3 atom stereocenters. The van der Waals surface area contributed by atoms with E-state index in [1.807, 2.05) is 36.4 Å². The molecule has 54 heavy (non-hydrogen) atoms. The molecule has 5 amide bonds. The first-order valence-corrected chi connectivity index (χ1v) is 19.1. The number of rotatable bonds is 8. The smallest absolute Gasteiger partial charge is 0.262 e. The van der Waals surface area contributed by atoms with Gasteiger partial charge in [0.2, 0.25) is 11.8 Å². The number of imide groups is 2. The Balaban J connectivity index is 0.799. The molecule has 4 heterocycles. The van der Waals surface area contributed by atoms with E-state index in [1.54, 1.807) is 18.2 Å². The Labute approximate surface area is 318 Å². The number of anilines is 1. The molecule has 1 unspecified atom stereocenters. The highest BCUT2D eigenvalue weighted by molar-refractivity contribution is 6.31. The van der Waals surface area contributed by atoms with Gasteiger partial charge in [0.05, 0.1) is 21.7 Å². The van der Waals surface area contributed by atoms with Gasteiger partial charge in [-0.2, -0.15) is 5.26 Å². The Kier molecular flexibility index (Phi) is 9.85. The number of nitriles is 1. The zero-order valence-electron chi connectivity index (χ0n) is 29.8. The zero-order chi connectivity index (χ0) is 37.5. The Morgan fingerprint density at radius 2 is 1.61 bits per heavy atom. The second-order valence-electron chi connectivity index (χ2n) is 15.1.